The summed E-state index contributed by atoms with van der Waals surface area (Å²) in [5.74, 6) is 1.21. The van der Waals surface area contributed by atoms with E-state index < -0.39 is 0 Å². The van der Waals surface area contributed by atoms with Gasteiger partial charge in [-0.1, -0.05) is 0 Å². The van der Waals surface area contributed by atoms with Crippen LogP contribution in [0.15, 0.2) is 55.0 Å². The first-order valence-electron chi connectivity index (χ1n) is 6.71. The monoisotopic (exact) mass is 294 g/mol. The van der Waals surface area contributed by atoms with Crippen molar-refractivity contribution < 1.29 is 9.53 Å². The Labute approximate surface area is 127 Å². The fraction of sp³-hybridized carbons (Fsp3) is 0.0625. The largest absolute Gasteiger partial charge is 0.457 e. The van der Waals surface area contributed by atoms with Gasteiger partial charge in [-0.25, -0.2) is 0 Å². The second kappa shape index (κ2) is 6.09. The Morgan fingerprint density at radius 3 is 2.64 bits per heavy atom. The number of H-pyrrole nitrogens is 1. The fourth-order valence-corrected chi connectivity index (χ4v) is 1.96. The Hall–Kier alpha value is -3.15. The number of aryl methyl sites for hydroxylation is 1. The Morgan fingerprint density at radius 2 is 1.95 bits per heavy atom. The molecule has 0 spiro atoms. The molecule has 0 fully saturated rings. The van der Waals surface area contributed by atoms with Gasteiger partial charge in [0.2, 0.25) is 0 Å². The molecule has 6 heteroatoms. The minimum Gasteiger partial charge on any atom is -0.457 e. The fourth-order valence-electron chi connectivity index (χ4n) is 1.96. The molecule has 1 aromatic carbocycles. The number of aromatic amines is 1. The van der Waals surface area contributed by atoms with Crippen LogP contribution in [0.1, 0.15) is 16.1 Å². The number of rotatable bonds is 4. The third-order valence-corrected chi connectivity index (χ3v) is 3.06. The minimum absolute atomic E-state index is 0.236. The number of nitrogens with one attached hydrogen (secondary N) is 2. The smallest absolute Gasteiger partial charge is 0.273 e. The number of anilines is 1. The maximum atomic E-state index is 11.9. The number of ether oxygens (including phenoxy) is 1. The van der Waals surface area contributed by atoms with Crippen LogP contribution in [0.5, 0.6) is 11.5 Å². The Bertz CT molecular complexity index is 770. The van der Waals surface area contributed by atoms with Crippen molar-refractivity contribution in [2.75, 3.05) is 5.32 Å². The standard InChI is InChI=1S/C16H14N4O2/c1-11-10-12(19-16(21)14-6-9-18-20-14)2-3-15(11)22-13-4-7-17-8-5-13/h2-10H,1H3,(H,18,20)(H,19,21). The van der Waals surface area contributed by atoms with Crippen LogP contribution in [-0.4, -0.2) is 21.1 Å². The molecule has 22 heavy (non-hydrogen) atoms. The topological polar surface area (TPSA) is 79.9 Å². The van der Waals surface area contributed by atoms with Crippen LogP contribution in [0.3, 0.4) is 0 Å². The Kier molecular flexibility index (Phi) is 3.82. The van der Waals surface area contributed by atoms with Crippen molar-refractivity contribution in [1.29, 1.82) is 0 Å². The lowest BCUT2D eigenvalue weighted by molar-refractivity contribution is 0.102. The molecule has 3 aromatic rings. The number of nitrogens with zero attached hydrogens (tertiary/aromatic N) is 2. The van der Waals surface area contributed by atoms with Crippen molar-refractivity contribution in [3.8, 4) is 11.5 Å². The molecule has 0 radical (unpaired) electrons. The minimum atomic E-state index is -0.236. The molecule has 0 saturated carbocycles. The van der Waals surface area contributed by atoms with Crippen LogP contribution < -0.4 is 10.1 Å². The lowest BCUT2D eigenvalue weighted by Gasteiger charge is -2.10. The molecular formula is C16H14N4O2. The van der Waals surface area contributed by atoms with Gasteiger partial charge in [-0.3, -0.25) is 14.9 Å². The summed E-state index contributed by atoms with van der Waals surface area (Å²) in [5, 5.41) is 9.18. The number of hydrogen-bond acceptors (Lipinski definition) is 4. The van der Waals surface area contributed by atoms with E-state index in [1.165, 1.54) is 6.20 Å². The third kappa shape index (κ3) is 3.12. The van der Waals surface area contributed by atoms with Crippen molar-refractivity contribution in [2.45, 2.75) is 6.92 Å². The van der Waals surface area contributed by atoms with E-state index in [4.69, 9.17) is 4.74 Å². The highest BCUT2D eigenvalue weighted by atomic mass is 16.5. The molecule has 2 aromatic heterocycles. The quantitative estimate of drug-likeness (QED) is 0.774. The van der Waals surface area contributed by atoms with Gasteiger partial charge in [0, 0.05) is 24.3 Å². The first-order chi connectivity index (χ1) is 10.7. The van der Waals surface area contributed by atoms with Crippen LogP contribution in [0, 0.1) is 6.92 Å². The Morgan fingerprint density at radius 1 is 1.14 bits per heavy atom. The van der Waals surface area contributed by atoms with Crippen LogP contribution in [0.2, 0.25) is 0 Å². The van der Waals surface area contributed by atoms with Gasteiger partial charge in [-0.2, -0.15) is 5.10 Å². The molecule has 0 bridgehead atoms. The second-order valence-electron chi connectivity index (χ2n) is 4.69. The number of pyridine rings is 1. The zero-order chi connectivity index (χ0) is 15.4. The van der Waals surface area contributed by atoms with Crippen LogP contribution in [-0.2, 0) is 0 Å². The highest BCUT2D eigenvalue weighted by molar-refractivity contribution is 6.02. The van der Waals surface area contributed by atoms with E-state index in [1.54, 1.807) is 36.7 Å². The predicted octanol–water partition coefficient (Wildman–Crippen LogP) is 3.16. The van der Waals surface area contributed by atoms with Crippen LogP contribution in [0.25, 0.3) is 0 Å². The molecule has 2 heterocycles. The van der Waals surface area contributed by atoms with E-state index in [0.717, 1.165) is 11.3 Å². The molecule has 1 amide bonds. The molecule has 0 atom stereocenters. The van der Waals surface area contributed by atoms with E-state index >= 15 is 0 Å². The van der Waals surface area contributed by atoms with Crippen molar-refractivity contribution in [3.63, 3.8) is 0 Å². The van der Waals surface area contributed by atoms with Gasteiger partial charge < -0.3 is 10.1 Å². The first-order valence-corrected chi connectivity index (χ1v) is 6.71. The summed E-state index contributed by atoms with van der Waals surface area (Å²) in [6.07, 6.45) is 4.87. The van der Waals surface area contributed by atoms with Gasteiger partial charge in [0.15, 0.2) is 0 Å². The van der Waals surface area contributed by atoms with Crippen molar-refractivity contribution >= 4 is 11.6 Å². The van der Waals surface area contributed by atoms with E-state index in [0.29, 0.717) is 17.1 Å². The lowest BCUT2D eigenvalue weighted by atomic mass is 10.2. The summed E-state index contributed by atoms with van der Waals surface area (Å²) in [4.78, 5) is 15.9. The molecule has 0 aliphatic rings. The van der Waals surface area contributed by atoms with Gasteiger partial charge in [-0.15, -0.1) is 0 Å². The zero-order valence-corrected chi connectivity index (χ0v) is 11.9. The summed E-state index contributed by atoms with van der Waals surface area (Å²) in [6.45, 7) is 1.92. The molecule has 0 aliphatic carbocycles. The van der Waals surface area contributed by atoms with Crippen LogP contribution >= 0.6 is 0 Å². The summed E-state index contributed by atoms with van der Waals surface area (Å²) in [6, 6.07) is 10.6. The highest BCUT2D eigenvalue weighted by Gasteiger charge is 2.08. The maximum absolute atomic E-state index is 11.9. The molecule has 3 rings (SSSR count). The third-order valence-electron chi connectivity index (χ3n) is 3.06. The average molecular weight is 294 g/mol. The molecular weight excluding hydrogens is 280 g/mol. The van der Waals surface area contributed by atoms with E-state index in [1.807, 2.05) is 19.1 Å². The zero-order valence-electron chi connectivity index (χ0n) is 11.9. The number of carbonyl (C=O) groups excluding carboxylic acids is 1. The van der Waals surface area contributed by atoms with E-state index in [-0.39, 0.29) is 5.91 Å². The summed E-state index contributed by atoms with van der Waals surface area (Å²) < 4.78 is 5.77. The second-order valence-corrected chi connectivity index (χ2v) is 4.69. The number of carbonyl (C=O) groups is 1. The summed E-state index contributed by atoms with van der Waals surface area (Å²) in [7, 11) is 0. The molecule has 6 nitrogen and oxygen atoms in total. The Balaban J connectivity index is 1.73. The number of aromatic nitrogens is 3. The van der Waals surface area contributed by atoms with Gasteiger partial charge in [0.25, 0.3) is 5.91 Å². The van der Waals surface area contributed by atoms with Crippen molar-refractivity contribution in [3.05, 3.63) is 66.2 Å². The van der Waals surface area contributed by atoms with Crippen molar-refractivity contribution in [1.82, 2.24) is 15.2 Å². The van der Waals surface area contributed by atoms with Crippen LogP contribution in [0.4, 0.5) is 5.69 Å². The average Bonchev–Trinajstić information content (AvgIpc) is 3.05. The van der Waals surface area contributed by atoms with Gasteiger partial charge in [-0.05, 0) is 48.9 Å². The molecule has 110 valence electrons. The first kappa shape index (κ1) is 13.8. The van der Waals surface area contributed by atoms with E-state index in [2.05, 4.69) is 20.5 Å². The number of amides is 1. The summed E-state index contributed by atoms with van der Waals surface area (Å²) >= 11 is 0. The number of benzene rings is 1. The van der Waals surface area contributed by atoms with Gasteiger partial charge in [0.1, 0.15) is 17.2 Å². The normalized spacial score (nSPS) is 10.2. The SMILES string of the molecule is Cc1cc(NC(=O)c2ccn[nH]2)ccc1Oc1ccncc1. The molecule has 2 N–H and O–H groups in total. The maximum Gasteiger partial charge on any atom is 0.273 e. The van der Waals surface area contributed by atoms with Crippen molar-refractivity contribution in [2.24, 2.45) is 0 Å². The van der Waals surface area contributed by atoms with Gasteiger partial charge >= 0.3 is 0 Å². The molecule has 0 aliphatic heterocycles. The van der Waals surface area contributed by atoms with E-state index in [9.17, 15) is 4.79 Å². The molecule has 0 saturated heterocycles. The number of hydrogen-bond donors (Lipinski definition) is 2. The highest BCUT2D eigenvalue weighted by Crippen LogP contribution is 2.27. The van der Waals surface area contributed by atoms with Gasteiger partial charge in [0.05, 0.1) is 0 Å². The summed E-state index contributed by atoms with van der Waals surface area (Å²) in [5.41, 5.74) is 2.02. The molecule has 0 unspecified atom stereocenters. The predicted molar refractivity (Wildman–Crippen MR) is 82.0 cm³/mol. The lowest BCUT2D eigenvalue weighted by Crippen LogP contribution is -2.12.